The van der Waals surface area contributed by atoms with Crippen LogP contribution in [0.15, 0.2) is 18.2 Å². The number of hydrogen-bond acceptors (Lipinski definition) is 4. The van der Waals surface area contributed by atoms with Crippen molar-refractivity contribution in [3.8, 4) is 5.75 Å². The van der Waals surface area contributed by atoms with Crippen molar-refractivity contribution in [3.05, 3.63) is 18.2 Å². The van der Waals surface area contributed by atoms with Crippen LogP contribution in [0.2, 0.25) is 0 Å². The van der Waals surface area contributed by atoms with Crippen LogP contribution < -0.4 is 15.4 Å². The van der Waals surface area contributed by atoms with Crippen molar-refractivity contribution in [2.75, 3.05) is 37.9 Å². The lowest BCUT2D eigenvalue weighted by molar-refractivity contribution is -0.136. The van der Waals surface area contributed by atoms with E-state index in [1.54, 1.807) is 25.2 Å². The number of piperazine rings is 1. The quantitative estimate of drug-likeness (QED) is 0.753. The average molecular weight is 249 g/mol. The smallest absolute Gasteiger partial charge is 0.247 e. The van der Waals surface area contributed by atoms with Crippen molar-refractivity contribution in [1.82, 2.24) is 4.90 Å². The highest BCUT2D eigenvalue weighted by Crippen LogP contribution is 2.31. The maximum Gasteiger partial charge on any atom is 0.247 e. The van der Waals surface area contributed by atoms with Crippen molar-refractivity contribution >= 4 is 23.2 Å². The number of anilines is 2. The Hall–Kier alpha value is -2.24. The Balaban J connectivity index is 2.36. The molecule has 18 heavy (non-hydrogen) atoms. The first-order chi connectivity index (χ1) is 8.52. The van der Waals surface area contributed by atoms with Gasteiger partial charge in [-0.05, 0) is 12.1 Å². The first-order valence-corrected chi connectivity index (χ1v) is 5.50. The molecule has 0 bridgehead atoms. The van der Waals surface area contributed by atoms with Gasteiger partial charge in [0.1, 0.15) is 12.3 Å². The van der Waals surface area contributed by atoms with Crippen molar-refractivity contribution < 1.29 is 14.3 Å². The van der Waals surface area contributed by atoms with Gasteiger partial charge < -0.3 is 15.4 Å². The van der Waals surface area contributed by atoms with Gasteiger partial charge in [-0.15, -0.1) is 0 Å². The third-order valence-corrected chi connectivity index (χ3v) is 2.89. The SMILES string of the molecule is COc1cc(N)ccc1N1CC(=O)N(C)CC1=O. The summed E-state index contributed by atoms with van der Waals surface area (Å²) in [6.45, 7) is 0.0992. The first kappa shape index (κ1) is 12.2. The molecule has 1 aromatic carbocycles. The summed E-state index contributed by atoms with van der Waals surface area (Å²) in [4.78, 5) is 26.4. The van der Waals surface area contributed by atoms with Crippen molar-refractivity contribution in [2.45, 2.75) is 0 Å². The van der Waals surface area contributed by atoms with Crippen LogP contribution >= 0.6 is 0 Å². The van der Waals surface area contributed by atoms with E-state index >= 15 is 0 Å². The molecule has 6 nitrogen and oxygen atoms in total. The lowest BCUT2D eigenvalue weighted by atomic mass is 10.2. The van der Waals surface area contributed by atoms with Gasteiger partial charge in [0.15, 0.2) is 0 Å². The Kier molecular flexibility index (Phi) is 3.10. The van der Waals surface area contributed by atoms with E-state index in [4.69, 9.17) is 10.5 Å². The summed E-state index contributed by atoms with van der Waals surface area (Å²) >= 11 is 0. The number of nitrogens with zero attached hydrogens (tertiary/aromatic N) is 2. The van der Waals surface area contributed by atoms with Crippen LogP contribution in [0.3, 0.4) is 0 Å². The molecule has 0 atom stereocenters. The number of nitrogens with two attached hydrogens (primary N) is 1. The highest BCUT2D eigenvalue weighted by molar-refractivity contribution is 6.05. The van der Waals surface area contributed by atoms with E-state index in [0.29, 0.717) is 17.1 Å². The third kappa shape index (κ3) is 2.09. The number of likely N-dealkylation sites (N-methyl/N-ethyl adjacent to an activating group) is 1. The van der Waals surface area contributed by atoms with Crippen LogP contribution in [0, 0.1) is 0 Å². The second-order valence-electron chi connectivity index (χ2n) is 4.16. The molecular formula is C12H15N3O3. The fourth-order valence-corrected chi connectivity index (χ4v) is 1.86. The molecule has 1 saturated heterocycles. The second kappa shape index (κ2) is 4.56. The standard InChI is InChI=1S/C12H15N3O3/c1-14-6-12(17)15(7-11(14)16)9-4-3-8(13)5-10(9)18-2/h3-5H,6-7,13H2,1-2H3. The van der Waals surface area contributed by atoms with Gasteiger partial charge >= 0.3 is 0 Å². The fourth-order valence-electron chi connectivity index (χ4n) is 1.86. The Labute approximate surface area is 105 Å². The van der Waals surface area contributed by atoms with Crippen molar-refractivity contribution in [3.63, 3.8) is 0 Å². The molecule has 1 aliphatic rings. The lowest BCUT2D eigenvalue weighted by Gasteiger charge is -2.32. The number of ether oxygens (including phenoxy) is 1. The van der Waals surface area contributed by atoms with E-state index in [-0.39, 0.29) is 24.9 Å². The number of rotatable bonds is 2. The molecule has 1 fully saturated rings. The molecule has 0 unspecified atom stereocenters. The summed E-state index contributed by atoms with van der Waals surface area (Å²) in [5.41, 5.74) is 6.77. The van der Waals surface area contributed by atoms with E-state index in [2.05, 4.69) is 0 Å². The van der Waals surface area contributed by atoms with Crippen LogP contribution in [0.5, 0.6) is 5.75 Å². The molecule has 2 N–H and O–H groups in total. The van der Waals surface area contributed by atoms with Crippen LogP contribution in [-0.4, -0.2) is 44.0 Å². The molecule has 0 aromatic heterocycles. The highest BCUT2D eigenvalue weighted by atomic mass is 16.5. The summed E-state index contributed by atoms with van der Waals surface area (Å²) in [6.07, 6.45) is 0. The van der Waals surface area contributed by atoms with Gasteiger partial charge in [-0.25, -0.2) is 0 Å². The summed E-state index contributed by atoms with van der Waals surface area (Å²) in [6, 6.07) is 4.99. The predicted molar refractivity (Wildman–Crippen MR) is 67.4 cm³/mol. The molecule has 1 heterocycles. The van der Waals surface area contributed by atoms with Gasteiger partial charge in [-0.1, -0.05) is 0 Å². The summed E-state index contributed by atoms with van der Waals surface area (Å²) in [5.74, 6) is 0.245. The molecule has 0 saturated carbocycles. The van der Waals surface area contributed by atoms with Gasteiger partial charge in [0, 0.05) is 18.8 Å². The van der Waals surface area contributed by atoms with E-state index in [1.165, 1.54) is 16.9 Å². The number of hydrogen-bond donors (Lipinski definition) is 1. The molecule has 0 spiro atoms. The fraction of sp³-hybridized carbons (Fsp3) is 0.333. The predicted octanol–water partition coefficient (Wildman–Crippen LogP) is 0.0824. The number of amides is 2. The Morgan fingerprint density at radius 1 is 1.22 bits per heavy atom. The third-order valence-electron chi connectivity index (χ3n) is 2.89. The van der Waals surface area contributed by atoms with E-state index in [0.717, 1.165) is 0 Å². The number of methoxy groups -OCH3 is 1. The second-order valence-corrected chi connectivity index (χ2v) is 4.16. The largest absolute Gasteiger partial charge is 0.494 e. The minimum Gasteiger partial charge on any atom is -0.494 e. The summed E-state index contributed by atoms with van der Waals surface area (Å²) < 4.78 is 5.19. The van der Waals surface area contributed by atoms with Gasteiger partial charge in [0.05, 0.1) is 19.3 Å². The molecule has 2 rings (SSSR count). The Morgan fingerprint density at radius 2 is 1.94 bits per heavy atom. The van der Waals surface area contributed by atoms with Crippen molar-refractivity contribution in [2.24, 2.45) is 0 Å². The van der Waals surface area contributed by atoms with Crippen LogP contribution in [0.4, 0.5) is 11.4 Å². The van der Waals surface area contributed by atoms with Crippen LogP contribution in [0.25, 0.3) is 0 Å². The number of carbonyl (C=O) groups excluding carboxylic acids is 2. The number of benzene rings is 1. The monoisotopic (exact) mass is 249 g/mol. The van der Waals surface area contributed by atoms with Gasteiger partial charge in [0.25, 0.3) is 0 Å². The van der Waals surface area contributed by atoms with Gasteiger partial charge in [-0.2, -0.15) is 0 Å². The molecule has 0 radical (unpaired) electrons. The summed E-state index contributed by atoms with van der Waals surface area (Å²) in [5, 5.41) is 0. The minimum atomic E-state index is -0.139. The van der Waals surface area contributed by atoms with Crippen LogP contribution in [0.1, 0.15) is 0 Å². The van der Waals surface area contributed by atoms with Gasteiger partial charge in [-0.3, -0.25) is 14.5 Å². The Morgan fingerprint density at radius 3 is 2.61 bits per heavy atom. The van der Waals surface area contributed by atoms with E-state index in [1.807, 2.05) is 0 Å². The van der Waals surface area contributed by atoms with E-state index in [9.17, 15) is 9.59 Å². The van der Waals surface area contributed by atoms with Crippen LogP contribution in [-0.2, 0) is 9.59 Å². The maximum absolute atomic E-state index is 11.9. The molecule has 1 aromatic rings. The van der Waals surface area contributed by atoms with Gasteiger partial charge in [0.2, 0.25) is 11.8 Å². The highest BCUT2D eigenvalue weighted by Gasteiger charge is 2.30. The normalized spacial score (nSPS) is 16.1. The number of nitrogen functional groups attached to an aromatic ring is 1. The molecule has 2 amide bonds. The molecule has 0 aliphatic carbocycles. The zero-order chi connectivity index (χ0) is 13.3. The lowest BCUT2D eigenvalue weighted by Crippen LogP contribution is -2.52. The maximum atomic E-state index is 11.9. The zero-order valence-electron chi connectivity index (χ0n) is 10.3. The Bertz CT molecular complexity index is 501. The molecule has 6 heteroatoms. The first-order valence-electron chi connectivity index (χ1n) is 5.50. The summed E-state index contributed by atoms with van der Waals surface area (Å²) in [7, 11) is 3.11. The van der Waals surface area contributed by atoms with Crippen molar-refractivity contribution in [1.29, 1.82) is 0 Å². The topological polar surface area (TPSA) is 75.9 Å². The molecule has 1 aliphatic heterocycles. The zero-order valence-corrected chi connectivity index (χ0v) is 10.3. The molecular weight excluding hydrogens is 234 g/mol. The van der Waals surface area contributed by atoms with E-state index < -0.39 is 0 Å². The minimum absolute atomic E-state index is 0.0234. The number of carbonyl (C=O) groups is 2. The molecule has 96 valence electrons. The average Bonchev–Trinajstić information content (AvgIpc) is 2.34.